The quantitative estimate of drug-likeness (QED) is 0.0226. The lowest BCUT2D eigenvalue weighted by Crippen LogP contribution is -2.61. The number of likely N-dealkylation sites (tertiary alicyclic amines) is 1. The highest BCUT2D eigenvalue weighted by Crippen LogP contribution is 2.22. The van der Waals surface area contributed by atoms with Gasteiger partial charge in [0.2, 0.25) is 65.0 Å². The van der Waals surface area contributed by atoms with Gasteiger partial charge in [-0.3, -0.25) is 57.7 Å². The number of amides is 11. The summed E-state index contributed by atoms with van der Waals surface area (Å²) in [5.74, 6) is -8.83. The number of halogens is 1. The van der Waals surface area contributed by atoms with Crippen LogP contribution in [0.4, 0.5) is 0 Å². The summed E-state index contributed by atoms with van der Waals surface area (Å²) in [6.07, 6.45) is 6.44. The van der Waals surface area contributed by atoms with Gasteiger partial charge in [-0.1, -0.05) is 84.4 Å². The normalized spacial score (nSPS) is 15.2. The van der Waals surface area contributed by atoms with Crippen molar-refractivity contribution in [3.63, 3.8) is 0 Å². The number of fused-ring (bicyclic) bond motifs is 1. The van der Waals surface area contributed by atoms with Crippen LogP contribution in [0.1, 0.15) is 73.9 Å². The smallest absolute Gasteiger partial charge is 0.246 e. The van der Waals surface area contributed by atoms with E-state index in [1.165, 1.54) is 55.8 Å². The molecule has 0 saturated carbocycles. The van der Waals surface area contributed by atoms with Gasteiger partial charge in [0, 0.05) is 74.9 Å². The van der Waals surface area contributed by atoms with Crippen LogP contribution in [0.15, 0.2) is 128 Å². The number of imidazole rings is 1. The lowest BCUT2D eigenvalue weighted by atomic mass is 9.99. The minimum absolute atomic E-state index is 0.0242. The average molecular weight is 1330 g/mol. The molecule has 1 saturated heterocycles. The molecule has 28 nitrogen and oxygen atoms in total. The number of aromatic amines is 1. The number of aliphatic hydroxyl groups is 1. The van der Waals surface area contributed by atoms with Crippen molar-refractivity contribution in [3.05, 3.63) is 161 Å². The van der Waals surface area contributed by atoms with Crippen LogP contribution in [0.3, 0.4) is 0 Å². The van der Waals surface area contributed by atoms with Gasteiger partial charge < -0.3 is 79.4 Å². The number of phenols is 1. The molecule has 7 rings (SSSR count). The van der Waals surface area contributed by atoms with Gasteiger partial charge >= 0.3 is 0 Å². The maximum Gasteiger partial charge on any atom is 0.246 e. The molecule has 0 spiro atoms. The molecule has 95 heavy (non-hydrogen) atoms. The van der Waals surface area contributed by atoms with Crippen LogP contribution in [0.2, 0.25) is 5.02 Å². The zero-order valence-corrected chi connectivity index (χ0v) is 53.2. The first-order valence-corrected chi connectivity index (χ1v) is 31.4. The summed E-state index contributed by atoms with van der Waals surface area (Å²) in [4.78, 5) is 164. The van der Waals surface area contributed by atoms with E-state index in [-0.39, 0.29) is 63.8 Å². The van der Waals surface area contributed by atoms with E-state index in [9.17, 15) is 63.0 Å². The van der Waals surface area contributed by atoms with Gasteiger partial charge in [0.25, 0.3) is 0 Å². The number of carbonyl (C=O) groups is 11. The molecule has 1 aliphatic rings. The van der Waals surface area contributed by atoms with Gasteiger partial charge in [0.05, 0.1) is 19.5 Å². The van der Waals surface area contributed by atoms with E-state index in [0.29, 0.717) is 46.7 Å². The summed E-state index contributed by atoms with van der Waals surface area (Å²) < 4.78 is 0. The van der Waals surface area contributed by atoms with Crippen LogP contribution in [0.25, 0.3) is 10.8 Å². The Morgan fingerprint density at radius 2 is 1.18 bits per heavy atom. The van der Waals surface area contributed by atoms with Gasteiger partial charge in [-0.2, -0.15) is 0 Å². The summed E-state index contributed by atoms with van der Waals surface area (Å²) in [5.41, 5.74) is 13.8. The number of nitrogens with two attached hydrogens (primary N) is 2. The fraction of sp³-hybridized carbons (Fsp3) is 0.379. The molecular formula is C66H80ClN15O13. The molecular weight excluding hydrogens is 1250 g/mol. The number of pyridine rings is 1. The number of nitrogens with zero attached hydrogens (tertiary/aromatic N) is 3. The molecule has 1 fully saturated rings. The van der Waals surface area contributed by atoms with E-state index in [0.717, 1.165) is 16.3 Å². The minimum atomic E-state index is -1.77. The SMILES string of the molecule is CC(=O)N[C@H](Cc1ccc2ccccc2c1)C(=O)N[C@H](Cc1ccc(Cl)cc1)C(=O)N[C@H](Cc1cccnc1)C(=O)N[C@@H](CO)C(=O)N[C@@H](Cc1cnc[nH]1)C(=O)NCC(=O)N[C@H](CCCCN)C(=O)N[C@@H](Cc1ccc(O)cc1)C(=O)N1CCC[C@H]1C(=O)N[C@H](C)C(N)=O. The van der Waals surface area contributed by atoms with Gasteiger partial charge in [-0.25, -0.2) is 4.98 Å². The molecule has 9 atom stereocenters. The van der Waals surface area contributed by atoms with Crippen molar-refractivity contribution in [2.45, 2.75) is 132 Å². The van der Waals surface area contributed by atoms with Crippen molar-refractivity contribution in [1.82, 2.24) is 67.7 Å². The molecule has 504 valence electrons. The van der Waals surface area contributed by atoms with Crippen molar-refractivity contribution < 1.29 is 63.0 Å². The molecule has 11 amide bonds. The average Bonchev–Trinajstić information content (AvgIpc) is 1.84. The molecule has 29 heteroatoms. The van der Waals surface area contributed by atoms with Gasteiger partial charge in [-0.05, 0) is 109 Å². The molecule has 0 bridgehead atoms. The second-order valence-electron chi connectivity index (χ2n) is 23.1. The maximum absolute atomic E-state index is 14.7. The highest BCUT2D eigenvalue weighted by Gasteiger charge is 2.40. The first kappa shape index (κ1) is 72.1. The van der Waals surface area contributed by atoms with Gasteiger partial charge in [-0.15, -0.1) is 0 Å². The molecule has 2 aromatic heterocycles. The highest BCUT2D eigenvalue weighted by molar-refractivity contribution is 6.30. The summed E-state index contributed by atoms with van der Waals surface area (Å²) in [6.45, 7) is 1.26. The molecule has 0 radical (unpaired) electrons. The molecule has 1 aliphatic heterocycles. The lowest BCUT2D eigenvalue weighted by Gasteiger charge is -2.30. The summed E-state index contributed by atoms with van der Waals surface area (Å²) >= 11 is 6.20. The number of unbranched alkanes of at least 4 members (excludes halogenated alkanes) is 1. The number of hydrogen-bond donors (Lipinski definition) is 14. The Hall–Kier alpha value is -10.3. The molecule has 4 aromatic carbocycles. The van der Waals surface area contributed by atoms with E-state index in [1.54, 1.807) is 48.5 Å². The Labute approximate surface area is 552 Å². The number of primary amides is 1. The van der Waals surface area contributed by atoms with Gasteiger partial charge in [0.15, 0.2) is 0 Å². The molecule has 16 N–H and O–H groups in total. The number of rotatable bonds is 34. The molecule has 0 unspecified atom stereocenters. The Bertz CT molecular complexity index is 3640. The first-order chi connectivity index (χ1) is 45.6. The van der Waals surface area contributed by atoms with E-state index in [4.69, 9.17) is 23.1 Å². The number of aromatic nitrogens is 3. The fourth-order valence-corrected chi connectivity index (χ4v) is 10.8. The van der Waals surface area contributed by atoms with E-state index >= 15 is 0 Å². The summed E-state index contributed by atoms with van der Waals surface area (Å²) in [5, 5.41) is 46.5. The number of benzene rings is 4. The van der Waals surface area contributed by atoms with Crippen molar-refractivity contribution in [2.75, 3.05) is 26.2 Å². The van der Waals surface area contributed by atoms with Crippen molar-refractivity contribution in [2.24, 2.45) is 11.5 Å². The van der Waals surface area contributed by atoms with Crippen LogP contribution in [-0.2, 0) is 84.8 Å². The predicted octanol–water partition coefficient (Wildman–Crippen LogP) is -0.538. The standard InChI is InChI=1S/C66H80ClN15O13/c1-38(58(69)87)74-65(94)56-13-8-26-82(56)66(95)54(29-41-17-22-48(85)23-18-41)80-60(89)49(12-5-6-24-68)76-57(86)35-72-59(88)53(32-47-34-71-37-73-47)79-64(93)55(36-83)81-63(92)52(31-43-9-7-25-70-33-43)78-62(91)51(28-40-15-20-46(67)21-16-40)77-61(90)50(75-39(2)84)30-42-14-19-44-10-3-4-11-45(44)27-42/h3-4,7,9-11,14-23,25,27,33-34,37-38,49-56,83,85H,5-6,8,12-13,24,26,28-32,35-36,68H2,1-2H3,(H2,69,87)(H,71,73)(H,72,88)(H,74,94)(H,75,84)(H,76,86)(H,77,90)(H,78,91)(H,79,93)(H,80,89)(H,81,92)/t38-,49-,50-,51-,52-,53+,54+,55+,56+/m1/s1. The van der Waals surface area contributed by atoms with Crippen LogP contribution >= 0.6 is 11.6 Å². The van der Waals surface area contributed by atoms with E-state index < -0.39 is 133 Å². The Morgan fingerprint density at radius 1 is 0.611 bits per heavy atom. The van der Waals surface area contributed by atoms with E-state index in [2.05, 4.69) is 62.8 Å². The number of H-pyrrole nitrogens is 1. The van der Waals surface area contributed by atoms with Crippen LogP contribution < -0.4 is 59.3 Å². The molecule has 3 heterocycles. The number of aliphatic hydroxyl groups excluding tert-OH is 1. The molecule has 0 aliphatic carbocycles. The monoisotopic (exact) mass is 1330 g/mol. The van der Waals surface area contributed by atoms with Crippen molar-refractivity contribution >= 4 is 87.4 Å². The maximum atomic E-state index is 14.7. The second-order valence-corrected chi connectivity index (χ2v) is 23.6. The Balaban J connectivity index is 1.05. The molecule has 6 aromatic rings. The first-order valence-electron chi connectivity index (χ1n) is 31.0. The minimum Gasteiger partial charge on any atom is -0.508 e. The number of aromatic hydroxyl groups is 1. The van der Waals surface area contributed by atoms with Crippen molar-refractivity contribution in [3.8, 4) is 5.75 Å². The third-order valence-corrected chi connectivity index (χ3v) is 16.0. The topological polar surface area (TPSA) is 433 Å². The number of phenolic OH excluding ortho intramolecular Hbond substituents is 1. The van der Waals surface area contributed by atoms with Crippen LogP contribution in [-0.4, -0.2) is 176 Å². The second kappa shape index (κ2) is 35.6. The lowest BCUT2D eigenvalue weighted by molar-refractivity contribution is -0.142. The summed E-state index contributed by atoms with van der Waals surface area (Å²) in [7, 11) is 0. The zero-order valence-electron chi connectivity index (χ0n) is 52.5. The Morgan fingerprint density at radius 3 is 1.79 bits per heavy atom. The van der Waals surface area contributed by atoms with Gasteiger partial charge in [0.1, 0.15) is 60.1 Å². The van der Waals surface area contributed by atoms with E-state index in [1.807, 2.05) is 42.5 Å². The number of carbonyl (C=O) groups excluding carboxylic acids is 11. The third-order valence-electron chi connectivity index (χ3n) is 15.8. The number of nitrogens with one attached hydrogen (secondary N) is 10. The van der Waals surface area contributed by atoms with Crippen LogP contribution in [0, 0.1) is 0 Å². The fourth-order valence-electron chi connectivity index (χ4n) is 10.7. The number of hydrogen-bond acceptors (Lipinski definition) is 16. The summed E-state index contributed by atoms with van der Waals surface area (Å²) in [6, 6.07) is 16.8. The predicted molar refractivity (Wildman–Crippen MR) is 349 cm³/mol. The Kier molecular flexibility index (Phi) is 27.1. The van der Waals surface area contributed by atoms with Crippen LogP contribution in [0.5, 0.6) is 5.75 Å². The largest absolute Gasteiger partial charge is 0.508 e. The highest BCUT2D eigenvalue weighted by atomic mass is 35.5. The third kappa shape index (κ3) is 22.2. The van der Waals surface area contributed by atoms with Crippen molar-refractivity contribution in [1.29, 1.82) is 0 Å². The zero-order chi connectivity index (χ0) is 68.6.